The average molecular weight is 482 g/mol. The van der Waals surface area contributed by atoms with Gasteiger partial charge in [0.15, 0.2) is 0 Å². The van der Waals surface area contributed by atoms with Crippen LogP contribution in [0.1, 0.15) is 36.4 Å². The highest BCUT2D eigenvalue weighted by molar-refractivity contribution is 6.35. The summed E-state index contributed by atoms with van der Waals surface area (Å²) in [5.74, 6) is 0.337. The van der Waals surface area contributed by atoms with Crippen molar-refractivity contribution >= 4 is 35.2 Å². The SMILES string of the molecule is Cc1cc(/C=C(/C#N)C(=O)NC(C)C)c(C)n1-c1ccc(OCc2ccc(Cl)cc2Cl)cc1. The number of hydrogen-bond donors (Lipinski definition) is 1. The van der Waals surface area contributed by atoms with Crippen LogP contribution >= 0.6 is 23.2 Å². The highest BCUT2D eigenvalue weighted by Gasteiger charge is 2.14. The number of carbonyl (C=O) groups is 1. The van der Waals surface area contributed by atoms with Crippen molar-refractivity contribution in [2.24, 2.45) is 0 Å². The number of ether oxygens (including phenoxy) is 1. The number of halogens is 2. The molecule has 0 unspecified atom stereocenters. The first-order valence-corrected chi connectivity index (χ1v) is 11.2. The number of hydrogen-bond acceptors (Lipinski definition) is 3. The first-order valence-electron chi connectivity index (χ1n) is 10.5. The van der Waals surface area contributed by atoms with Crippen LogP contribution in [-0.4, -0.2) is 16.5 Å². The first kappa shape index (κ1) is 24.4. The van der Waals surface area contributed by atoms with E-state index >= 15 is 0 Å². The van der Waals surface area contributed by atoms with Crippen molar-refractivity contribution in [3.63, 3.8) is 0 Å². The zero-order valence-corrected chi connectivity index (χ0v) is 20.5. The smallest absolute Gasteiger partial charge is 0.262 e. The average Bonchev–Trinajstić information content (AvgIpc) is 3.04. The molecule has 0 saturated carbocycles. The van der Waals surface area contributed by atoms with Crippen molar-refractivity contribution in [2.75, 3.05) is 0 Å². The number of amides is 1. The van der Waals surface area contributed by atoms with Crippen LogP contribution in [0.5, 0.6) is 5.75 Å². The van der Waals surface area contributed by atoms with Crippen LogP contribution in [0, 0.1) is 25.2 Å². The largest absolute Gasteiger partial charge is 0.489 e. The molecular formula is C26H25Cl2N3O2. The minimum absolute atomic E-state index is 0.0434. The highest BCUT2D eigenvalue weighted by atomic mass is 35.5. The summed E-state index contributed by atoms with van der Waals surface area (Å²) >= 11 is 12.2. The predicted octanol–water partition coefficient (Wildman–Crippen LogP) is 6.41. The lowest BCUT2D eigenvalue weighted by molar-refractivity contribution is -0.117. The fourth-order valence-corrected chi connectivity index (χ4v) is 3.93. The molecule has 0 radical (unpaired) electrons. The molecule has 33 heavy (non-hydrogen) atoms. The van der Waals surface area contributed by atoms with Crippen LogP contribution in [0.4, 0.5) is 0 Å². The van der Waals surface area contributed by atoms with Crippen LogP contribution in [0.2, 0.25) is 10.0 Å². The molecule has 0 aliphatic heterocycles. The standard InChI is InChI=1S/C26H25Cl2N3O2/c1-16(2)30-26(32)21(14-29)12-20-11-17(3)31(18(20)4)23-7-9-24(10-8-23)33-15-19-5-6-22(27)13-25(19)28/h5-13,16H,15H2,1-4H3,(H,30,32)/b21-12-. The van der Waals surface area contributed by atoms with E-state index in [0.29, 0.717) is 22.4 Å². The molecule has 1 aromatic heterocycles. The summed E-state index contributed by atoms with van der Waals surface area (Å²) < 4.78 is 7.94. The van der Waals surface area contributed by atoms with Gasteiger partial charge in [-0.1, -0.05) is 29.3 Å². The Bertz CT molecular complexity index is 1240. The quantitative estimate of drug-likeness (QED) is 0.313. The van der Waals surface area contributed by atoms with Crippen LogP contribution in [-0.2, 0) is 11.4 Å². The van der Waals surface area contributed by atoms with Crippen molar-refractivity contribution in [1.29, 1.82) is 5.26 Å². The maximum Gasteiger partial charge on any atom is 0.262 e. The Morgan fingerprint density at radius 3 is 2.45 bits per heavy atom. The molecule has 3 rings (SSSR count). The second-order valence-electron chi connectivity index (χ2n) is 7.98. The van der Waals surface area contributed by atoms with E-state index in [9.17, 15) is 10.1 Å². The molecule has 7 heteroatoms. The first-order chi connectivity index (χ1) is 15.7. The summed E-state index contributed by atoms with van der Waals surface area (Å²) in [6.45, 7) is 7.99. The number of nitrogens with zero attached hydrogens (tertiary/aromatic N) is 2. The van der Waals surface area contributed by atoms with Gasteiger partial charge in [-0.25, -0.2) is 0 Å². The molecule has 0 fully saturated rings. The van der Waals surface area contributed by atoms with E-state index in [4.69, 9.17) is 27.9 Å². The van der Waals surface area contributed by atoms with Gasteiger partial charge in [-0.05, 0) is 81.8 Å². The van der Waals surface area contributed by atoms with E-state index in [1.807, 2.05) is 70.2 Å². The van der Waals surface area contributed by atoms with Crippen LogP contribution in [0.15, 0.2) is 54.1 Å². The molecule has 1 N–H and O–H groups in total. The van der Waals surface area contributed by atoms with E-state index in [0.717, 1.165) is 28.2 Å². The fraction of sp³-hybridized carbons (Fsp3) is 0.231. The minimum atomic E-state index is -0.375. The number of aryl methyl sites for hydroxylation is 1. The summed E-state index contributed by atoms with van der Waals surface area (Å²) in [5.41, 5.74) is 4.62. The van der Waals surface area contributed by atoms with Gasteiger partial charge in [-0.2, -0.15) is 5.26 Å². The van der Waals surface area contributed by atoms with Crippen molar-refractivity contribution in [3.05, 3.63) is 86.7 Å². The van der Waals surface area contributed by atoms with Crippen LogP contribution in [0.3, 0.4) is 0 Å². The zero-order chi connectivity index (χ0) is 24.1. The van der Waals surface area contributed by atoms with E-state index in [1.165, 1.54) is 0 Å². The van der Waals surface area contributed by atoms with E-state index in [1.54, 1.807) is 18.2 Å². The number of nitrogens with one attached hydrogen (secondary N) is 1. The Morgan fingerprint density at radius 2 is 1.85 bits per heavy atom. The number of rotatable bonds is 7. The highest BCUT2D eigenvalue weighted by Crippen LogP contribution is 2.26. The van der Waals surface area contributed by atoms with Gasteiger partial charge in [0, 0.05) is 38.7 Å². The van der Waals surface area contributed by atoms with E-state index < -0.39 is 0 Å². The predicted molar refractivity (Wildman–Crippen MR) is 133 cm³/mol. The third-order valence-electron chi connectivity index (χ3n) is 5.06. The van der Waals surface area contributed by atoms with Crippen molar-refractivity contribution in [2.45, 2.75) is 40.3 Å². The van der Waals surface area contributed by atoms with Gasteiger partial charge in [0.1, 0.15) is 24.0 Å². The summed E-state index contributed by atoms with van der Waals surface area (Å²) in [5, 5.41) is 13.3. The normalized spacial score (nSPS) is 11.4. The van der Waals surface area contributed by atoms with E-state index in [2.05, 4.69) is 9.88 Å². The van der Waals surface area contributed by atoms with E-state index in [-0.39, 0.29) is 17.5 Å². The molecule has 3 aromatic rings. The van der Waals surface area contributed by atoms with Crippen molar-refractivity contribution in [1.82, 2.24) is 9.88 Å². The maximum atomic E-state index is 12.3. The second-order valence-corrected chi connectivity index (χ2v) is 8.82. The molecule has 1 heterocycles. The van der Waals surface area contributed by atoms with Crippen LogP contribution < -0.4 is 10.1 Å². The van der Waals surface area contributed by atoms with Gasteiger partial charge in [0.2, 0.25) is 0 Å². The summed E-state index contributed by atoms with van der Waals surface area (Å²) in [4.78, 5) is 12.3. The van der Waals surface area contributed by atoms with Gasteiger partial charge in [0.25, 0.3) is 5.91 Å². The Kier molecular flexibility index (Phi) is 7.86. The van der Waals surface area contributed by atoms with Gasteiger partial charge in [-0.3, -0.25) is 4.79 Å². The van der Waals surface area contributed by atoms with Crippen molar-refractivity contribution in [3.8, 4) is 17.5 Å². The lowest BCUT2D eigenvalue weighted by Crippen LogP contribution is -2.30. The molecule has 5 nitrogen and oxygen atoms in total. The van der Waals surface area contributed by atoms with Gasteiger partial charge in [-0.15, -0.1) is 0 Å². The third-order valence-corrected chi connectivity index (χ3v) is 5.65. The second kappa shape index (κ2) is 10.6. The monoisotopic (exact) mass is 481 g/mol. The lowest BCUT2D eigenvalue weighted by atomic mass is 10.1. The van der Waals surface area contributed by atoms with Crippen molar-refractivity contribution < 1.29 is 9.53 Å². The molecule has 2 aromatic carbocycles. The molecule has 0 atom stereocenters. The number of carbonyl (C=O) groups excluding carboxylic acids is 1. The third kappa shape index (κ3) is 5.98. The molecule has 0 saturated heterocycles. The summed E-state index contributed by atoms with van der Waals surface area (Å²) in [6, 6.07) is 16.9. The molecule has 0 aliphatic carbocycles. The topological polar surface area (TPSA) is 67.0 Å². The lowest BCUT2D eigenvalue weighted by Gasteiger charge is -2.12. The summed E-state index contributed by atoms with van der Waals surface area (Å²) in [6.07, 6.45) is 1.63. The Morgan fingerprint density at radius 1 is 1.15 bits per heavy atom. The van der Waals surface area contributed by atoms with Gasteiger partial charge in [0.05, 0.1) is 0 Å². The molecule has 170 valence electrons. The Labute approximate surface area is 204 Å². The maximum absolute atomic E-state index is 12.3. The molecule has 0 aliphatic rings. The van der Waals surface area contributed by atoms with Gasteiger partial charge < -0.3 is 14.6 Å². The Balaban J connectivity index is 1.80. The molecule has 0 bridgehead atoms. The fourth-order valence-electron chi connectivity index (χ4n) is 3.47. The van der Waals surface area contributed by atoms with Crippen LogP contribution in [0.25, 0.3) is 11.8 Å². The Hall–Kier alpha value is -3.20. The molecule has 1 amide bonds. The summed E-state index contributed by atoms with van der Waals surface area (Å²) in [7, 11) is 0. The number of benzene rings is 2. The van der Waals surface area contributed by atoms with Gasteiger partial charge >= 0.3 is 0 Å². The minimum Gasteiger partial charge on any atom is -0.489 e. The molecular weight excluding hydrogens is 457 g/mol. The molecule has 0 spiro atoms. The number of nitriles is 1. The zero-order valence-electron chi connectivity index (χ0n) is 18.9. The number of aromatic nitrogens is 1.